The van der Waals surface area contributed by atoms with Gasteiger partial charge in [-0.15, -0.1) is 0 Å². The van der Waals surface area contributed by atoms with Gasteiger partial charge in [-0.05, 0) is 26.0 Å². The van der Waals surface area contributed by atoms with Crippen LogP contribution in [0.1, 0.15) is 30.6 Å². The Labute approximate surface area is 114 Å². The molecule has 4 nitrogen and oxygen atoms in total. The fraction of sp³-hybridized carbons (Fsp3) is 0.467. The molecule has 0 aliphatic carbocycles. The van der Waals surface area contributed by atoms with E-state index in [4.69, 9.17) is 5.26 Å². The van der Waals surface area contributed by atoms with Crippen LogP contribution in [0.4, 0.5) is 5.69 Å². The second kappa shape index (κ2) is 5.85. The summed E-state index contributed by atoms with van der Waals surface area (Å²) in [5.41, 5.74) is 1.80. The van der Waals surface area contributed by atoms with E-state index in [2.05, 4.69) is 23.2 Å². The summed E-state index contributed by atoms with van der Waals surface area (Å²) in [4.78, 5) is 13.7. The van der Waals surface area contributed by atoms with Crippen LogP contribution in [0.2, 0.25) is 0 Å². The average Bonchev–Trinajstić information content (AvgIpc) is 2.38. The molecule has 0 saturated carbocycles. The van der Waals surface area contributed by atoms with E-state index in [9.17, 15) is 4.79 Å². The number of nitrogens with one attached hydrogen (secondary N) is 1. The molecular weight excluding hydrogens is 238 g/mol. The summed E-state index contributed by atoms with van der Waals surface area (Å²) < 4.78 is 0. The maximum Gasteiger partial charge on any atom is 0.159 e. The van der Waals surface area contributed by atoms with E-state index in [1.165, 1.54) is 0 Å². The highest BCUT2D eigenvalue weighted by atomic mass is 16.1. The van der Waals surface area contributed by atoms with Crippen molar-refractivity contribution in [3.05, 3.63) is 29.8 Å². The number of nitrogens with zero attached hydrogens (tertiary/aromatic N) is 2. The molecular formula is C15H19N3O. The van der Waals surface area contributed by atoms with E-state index in [0.29, 0.717) is 12.5 Å². The lowest BCUT2D eigenvalue weighted by atomic mass is 10.1. The zero-order chi connectivity index (χ0) is 13.8. The van der Waals surface area contributed by atoms with Crippen LogP contribution < -0.4 is 10.2 Å². The van der Waals surface area contributed by atoms with Crippen LogP contribution in [0.25, 0.3) is 0 Å². The van der Waals surface area contributed by atoms with Gasteiger partial charge < -0.3 is 10.2 Å². The van der Waals surface area contributed by atoms with E-state index in [1.807, 2.05) is 24.3 Å². The molecule has 1 N–H and O–H groups in total. The van der Waals surface area contributed by atoms with Gasteiger partial charge in [0.25, 0.3) is 0 Å². The normalized spacial score (nSPS) is 22.9. The third-order valence-electron chi connectivity index (χ3n) is 3.41. The topological polar surface area (TPSA) is 56.1 Å². The first-order chi connectivity index (χ1) is 9.10. The molecule has 1 aromatic carbocycles. The van der Waals surface area contributed by atoms with Crippen LogP contribution in [0, 0.1) is 11.3 Å². The number of carbonyl (C=O) groups excluding carboxylic acids is 1. The van der Waals surface area contributed by atoms with Crippen LogP contribution in [-0.2, 0) is 0 Å². The number of piperazine rings is 1. The predicted molar refractivity (Wildman–Crippen MR) is 75.3 cm³/mol. The van der Waals surface area contributed by atoms with Gasteiger partial charge in [0, 0.05) is 36.4 Å². The van der Waals surface area contributed by atoms with Crippen LogP contribution in [-0.4, -0.2) is 31.0 Å². The molecule has 100 valence electrons. The van der Waals surface area contributed by atoms with Gasteiger partial charge in [0.2, 0.25) is 0 Å². The van der Waals surface area contributed by atoms with Gasteiger partial charge in [0.15, 0.2) is 5.78 Å². The lowest BCUT2D eigenvalue weighted by molar-refractivity contribution is 0.101. The van der Waals surface area contributed by atoms with Gasteiger partial charge in [-0.25, -0.2) is 0 Å². The van der Waals surface area contributed by atoms with Crippen molar-refractivity contribution in [1.82, 2.24) is 5.32 Å². The first kappa shape index (κ1) is 13.6. The molecule has 0 aromatic heterocycles. The molecule has 1 aromatic rings. The lowest BCUT2D eigenvalue weighted by Gasteiger charge is -2.38. The van der Waals surface area contributed by atoms with Crippen molar-refractivity contribution >= 4 is 11.5 Å². The molecule has 2 atom stereocenters. The SMILES string of the molecule is CC(=O)c1cccc(N2CC(C)NC(CC#N)C2)c1. The van der Waals surface area contributed by atoms with Gasteiger partial charge in [-0.1, -0.05) is 12.1 Å². The number of Topliss-reactive ketones (excluding diaryl/α,β-unsaturated/α-hetero) is 1. The summed E-state index contributed by atoms with van der Waals surface area (Å²) in [6.07, 6.45) is 0.507. The average molecular weight is 257 g/mol. The Morgan fingerprint density at radius 2 is 2.32 bits per heavy atom. The lowest BCUT2D eigenvalue weighted by Crippen LogP contribution is -2.55. The van der Waals surface area contributed by atoms with Gasteiger partial charge in [-0.2, -0.15) is 5.26 Å². The molecule has 0 bridgehead atoms. The van der Waals surface area contributed by atoms with E-state index in [-0.39, 0.29) is 11.8 Å². The van der Waals surface area contributed by atoms with Crippen LogP contribution in [0.3, 0.4) is 0 Å². The molecule has 4 heteroatoms. The fourth-order valence-electron chi connectivity index (χ4n) is 2.55. The number of ketones is 1. The van der Waals surface area contributed by atoms with Crippen molar-refractivity contribution in [2.75, 3.05) is 18.0 Å². The number of hydrogen-bond donors (Lipinski definition) is 1. The van der Waals surface area contributed by atoms with Crippen molar-refractivity contribution in [2.24, 2.45) is 0 Å². The first-order valence-corrected chi connectivity index (χ1v) is 6.59. The third-order valence-corrected chi connectivity index (χ3v) is 3.41. The van der Waals surface area contributed by atoms with Crippen molar-refractivity contribution in [3.8, 4) is 6.07 Å². The van der Waals surface area contributed by atoms with Crippen molar-refractivity contribution < 1.29 is 4.79 Å². The van der Waals surface area contributed by atoms with Gasteiger partial charge in [0.05, 0.1) is 12.5 Å². The number of rotatable bonds is 3. The zero-order valence-electron chi connectivity index (χ0n) is 11.4. The quantitative estimate of drug-likeness (QED) is 0.841. The van der Waals surface area contributed by atoms with Crippen LogP contribution in [0.5, 0.6) is 0 Å². The highest BCUT2D eigenvalue weighted by Crippen LogP contribution is 2.20. The molecule has 0 spiro atoms. The minimum Gasteiger partial charge on any atom is -0.368 e. The monoisotopic (exact) mass is 257 g/mol. The van der Waals surface area contributed by atoms with Gasteiger partial charge in [0.1, 0.15) is 0 Å². The number of nitriles is 1. The molecule has 1 aliphatic rings. The number of anilines is 1. The number of carbonyl (C=O) groups is 1. The summed E-state index contributed by atoms with van der Waals surface area (Å²) >= 11 is 0. The maximum atomic E-state index is 11.4. The van der Waals surface area contributed by atoms with E-state index >= 15 is 0 Å². The third kappa shape index (κ3) is 3.33. The second-order valence-corrected chi connectivity index (χ2v) is 5.14. The number of benzene rings is 1. The minimum atomic E-state index is 0.0820. The Kier molecular flexibility index (Phi) is 4.18. The minimum absolute atomic E-state index is 0.0820. The first-order valence-electron chi connectivity index (χ1n) is 6.59. The molecule has 1 fully saturated rings. The summed E-state index contributed by atoms with van der Waals surface area (Å²) in [6, 6.07) is 10.5. The molecule has 2 unspecified atom stereocenters. The van der Waals surface area contributed by atoms with E-state index in [0.717, 1.165) is 24.3 Å². The van der Waals surface area contributed by atoms with Crippen LogP contribution >= 0.6 is 0 Å². The largest absolute Gasteiger partial charge is 0.368 e. The molecule has 0 radical (unpaired) electrons. The molecule has 1 aliphatic heterocycles. The Bertz CT molecular complexity index is 506. The summed E-state index contributed by atoms with van der Waals surface area (Å²) in [5.74, 6) is 0.0820. The maximum absolute atomic E-state index is 11.4. The van der Waals surface area contributed by atoms with Crippen molar-refractivity contribution in [1.29, 1.82) is 5.26 Å². The highest BCUT2D eigenvalue weighted by molar-refractivity contribution is 5.95. The predicted octanol–water partition coefficient (Wildman–Crippen LogP) is 1.97. The van der Waals surface area contributed by atoms with E-state index < -0.39 is 0 Å². The Balaban J connectivity index is 2.18. The molecule has 19 heavy (non-hydrogen) atoms. The Morgan fingerprint density at radius 1 is 1.53 bits per heavy atom. The van der Waals surface area contributed by atoms with Crippen molar-refractivity contribution in [2.45, 2.75) is 32.4 Å². The number of hydrogen-bond acceptors (Lipinski definition) is 4. The van der Waals surface area contributed by atoms with Gasteiger partial charge in [-0.3, -0.25) is 4.79 Å². The zero-order valence-corrected chi connectivity index (χ0v) is 11.4. The Hall–Kier alpha value is -1.86. The molecule has 1 saturated heterocycles. The highest BCUT2D eigenvalue weighted by Gasteiger charge is 2.24. The molecule has 2 rings (SSSR count). The summed E-state index contributed by atoms with van der Waals surface area (Å²) in [7, 11) is 0. The summed E-state index contributed by atoms with van der Waals surface area (Å²) in [6.45, 7) is 5.39. The van der Waals surface area contributed by atoms with Gasteiger partial charge >= 0.3 is 0 Å². The second-order valence-electron chi connectivity index (χ2n) is 5.14. The smallest absolute Gasteiger partial charge is 0.159 e. The van der Waals surface area contributed by atoms with Crippen LogP contribution in [0.15, 0.2) is 24.3 Å². The molecule has 1 heterocycles. The summed E-state index contributed by atoms with van der Waals surface area (Å²) in [5, 5.41) is 12.2. The standard InChI is InChI=1S/C15H19N3O/c1-11-9-18(10-14(17-11)6-7-16)15-5-3-4-13(8-15)12(2)19/h3-5,8,11,14,17H,6,9-10H2,1-2H3. The molecule has 0 amide bonds. The Morgan fingerprint density at radius 3 is 3.00 bits per heavy atom. The fourth-order valence-corrected chi connectivity index (χ4v) is 2.55. The van der Waals surface area contributed by atoms with E-state index in [1.54, 1.807) is 6.92 Å². The van der Waals surface area contributed by atoms with Crippen molar-refractivity contribution in [3.63, 3.8) is 0 Å².